The fourth-order valence-corrected chi connectivity index (χ4v) is 2.81. The third-order valence-electron chi connectivity index (χ3n) is 2.91. The van der Waals surface area contributed by atoms with Gasteiger partial charge >= 0.3 is 0 Å². The lowest BCUT2D eigenvalue weighted by Gasteiger charge is -2.44. The molecule has 0 amide bonds. The highest BCUT2D eigenvalue weighted by Crippen LogP contribution is 2.39. The van der Waals surface area contributed by atoms with Gasteiger partial charge in [-0.15, -0.1) is 0 Å². The van der Waals surface area contributed by atoms with E-state index in [1.165, 1.54) is 11.4 Å². The van der Waals surface area contributed by atoms with Crippen LogP contribution in [-0.2, 0) is 13.6 Å². The van der Waals surface area contributed by atoms with Crippen LogP contribution >= 0.6 is 11.8 Å². The van der Waals surface area contributed by atoms with E-state index in [2.05, 4.69) is 30.3 Å². The standard InChI is InChI=1S/C10H17N3S/c1-10(2)9(7-14-10)11-6-8-4-5-12-13(8)3/h4-5,9,11H,6-7H2,1-3H3. The van der Waals surface area contributed by atoms with Gasteiger partial charge in [-0.1, -0.05) is 0 Å². The van der Waals surface area contributed by atoms with Crippen molar-refractivity contribution in [3.8, 4) is 0 Å². The second kappa shape index (κ2) is 3.59. The summed E-state index contributed by atoms with van der Waals surface area (Å²) in [7, 11) is 1.98. The SMILES string of the molecule is Cn1nccc1CNC1CSC1(C)C. The fraction of sp³-hybridized carbons (Fsp3) is 0.700. The van der Waals surface area contributed by atoms with Gasteiger partial charge in [-0.3, -0.25) is 4.68 Å². The Balaban J connectivity index is 1.87. The van der Waals surface area contributed by atoms with Gasteiger partial charge in [0.25, 0.3) is 0 Å². The van der Waals surface area contributed by atoms with Crippen LogP contribution in [0.15, 0.2) is 12.3 Å². The van der Waals surface area contributed by atoms with Crippen LogP contribution in [0.1, 0.15) is 19.5 Å². The first kappa shape index (κ1) is 10.1. The minimum atomic E-state index is 0.401. The molecular weight excluding hydrogens is 194 g/mol. The van der Waals surface area contributed by atoms with Crippen LogP contribution in [0.25, 0.3) is 0 Å². The summed E-state index contributed by atoms with van der Waals surface area (Å²) >= 11 is 2.03. The van der Waals surface area contributed by atoms with Crippen molar-refractivity contribution in [1.29, 1.82) is 0 Å². The molecule has 0 radical (unpaired) electrons. The number of aryl methyl sites for hydroxylation is 1. The average Bonchev–Trinajstić information content (AvgIpc) is 2.50. The Morgan fingerprint density at radius 3 is 2.93 bits per heavy atom. The normalized spacial score (nSPS) is 24.6. The van der Waals surface area contributed by atoms with Crippen molar-refractivity contribution >= 4 is 11.8 Å². The minimum absolute atomic E-state index is 0.401. The second-order valence-corrected chi connectivity index (χ2v) is 5.97. The van der Waals surface area contributed by atoms with E-state index in [9.17, 15) is 0 Å². The summed E-state index contributed by atoms with van der Waals surface area (Å²) in [6.45, 7) is 5.51. The topological polar surface area (TPSA) is 29.9 Å². The average molecular weight is 211 g/mol. The molecule has 4 heteroatoms. The largest absolute Gasteiger partial charge is 0.306 e. The van der Waals surface area contributed by atoms with Crippen LogP contribution in [0.2, 0.25) is 0 Å². The van der Waals surface area contributed by atoms with Crippen molar-refractivity contribution in [2.75, 3.05) is 5.75 Å². The molecule has 1 aliphatic rings. The number of nitrogens with one attached hydrogen (secondary N) is 1. The lowest BCUT2D eigenvalue weighted by molar-refractivity contribution is 0.428. The van der Waals surface area contributed by atoms with Crippen molar-refractivity contribution in [2.24, 2.45) is 7.05 Å². The van der Waals surface area contributed by atoms with E-state index in [0.717, 1.165) is 6.54 Å². The monoisotopic (exact) mass is 211 g/mol. The maximum Gasteiger partial charge on any atom is 0.0518 e. The number of thioether (sulfide) groups is 1. The van der Waals surface area contributed by atoms with Gasteiger partial charge < -0.3 is 5.32 Å². The Kier molecular flexibility index (Phi) is 2.58. The van der Waals surface area contributed by atoms with Crippen molar-refractivity contribution in [3.63, 3.8) is 0 Å². The smallest absolute Gasteiger partial charge is 0.0518 e. The van der Waals surface area contributed by atoms with Crippen LogP contribution in [-0.4, -0.2) is 26.3 Å². The summed E-state index contributed by atoms with van der Waals surface area (Å²) in [5.74, 6) is 1.23. The van der Waals surface area contributed by atoms with Crippen LogP contribution in [0, 0.1) is 0 Å². The van der Waals surface area contributed by atoms with Crippen molar-refractivity contribution in [2.45, 2.75) is 31.2 Å². The molecule has 14 heavy (non-hydrogen) atoms. The molecule has 1 aliphatic heterocycles. The molecule has 2 rings (SSSR count). The highest BCUT2D eigenvalue weighted by molar-refractivity contribution is 8.02. The molecule has 0 aromatic carbocycles. The summed E-state index contributed by atoms with van der Waals surface area (Å²) in [4.78, 5) is 0. The van der Waals surface area contributed by atoms with Gasteiger partial charge in [-0.05, 0) is 19.9 Å². The van der Waals surface area contributed by atoms with Crippen molar-refractivity contribution in [3.05, 3.63) is 18.0 Å². The number of hydrogen-bond acceptors (Lipinski definition) is 3. The van der Waals surface area contributed by atoms with Crippen LogP contribution < -0.4 is 5.32 Å². The Morgan fingerprint density at radius 1 is 1.71 bits per heavy atom. The van der Waals surface area contributed by atoms with Gasteiger partial charge in [0, 0.05) is 36.3 Å². The lowest BCUT2D eigenvalue weighted by Crippen LogP contribution is -2.54. The number of rotatable bonds is 3. The molecule has 1 aromatic rings. The van der Waals surface area contributed by atoms with E-state index in [4.69, 9.17) is 0 Å². The molecule has 2 heterocycles. The van der Waals surface area contributed by atoms with E-state index in [0.29, 0.717) is 10.8 Å². The zero-order chi connectivity index (χ0) is 10.2. The summed E-state index contributed by atoms with van der Waals surface area (Å²) in [5.41, 5.74) is 1.25. The zero-order valence-electron chi connectivity index (χ0n) is 8.95. The van der Waals surface area contributed by atoms with Gasteiger partial charge in [0.15, 0.2) is 0 Å². The van der Waals surface area contributed by atoms with Crippen LogP contribution in [0.3, 0.4) is 0 Å². The van der Waals surface area contributed by atoms with E-state index in [1.54, 1.807) is 0 Å². The maximum atomic E-state index is 4.15. The highest BCUT2D eigenvalue weighted by Gasteiger charge is 2.38. The maximum absolute atomic E-state index is 4.15. The van der Waals surface area contributed by atoms with Gasteiger partial charge in [0.05, 0.1) is 5.69 Å². The van der Waals surface area contributed by atoms with E-state index in [-0.39, 0.29) is 0 Å². The predicted molar refractivity (Wildman–Crippen MR) is 60.4 cm³/mol. The minimum Gasteiger partial charge on any atom is -0.306 e. The molecule has 0 spiro atoms. The van der Waals surface area contributed by atoms with Crippen LogP contribution in [0.4, 0.5) is 0 Å². The van der Waals surface area contributed by atoms with Crippen molar-refractivity contribution in [1.82, 2.24) is 15.1 Å². The third kappa shape index (κ3) is 1.81. The Labute approximate surface area is 89.3 Å². The Morgan fingerprint density at radius 2 is 2.50 bits per heavy atom. The molecule has 0 aliphatic carbocycles. The highest BCUT2D eigenvalue weighted by atomic mass is 32.2. The first-order valence-electron chi connectivity index (χ1n) is 4.94. The van der Waals surface area contributed by atoms with E-state index >= 15 is 0 Å². The molecule has 78 valence electrons. The summed E-state index contributed by atoms with van der Waals surface area (Å²) in [5, 5.41) is 7.72. The number of aromatic nitrogens is 2. The molecule has 1 unspecified atom stereocenters. The summed E-state index contributed by atoms with van der Waals surface area (Å²) in [6.07, 6.45) is 1.84. The fourth-order valence-electron chi connectivity index (χ4n) is 1.61. The van der Waals surface area contributed by atoms with E-state index in [1.807, 2.05) is 29.7 Å². The predicted octanol–water partition coefficient (Wildman–Crippen LogP) is 1.40. The third-order valence-corrected chi connectivity index (χ3v) is 4.44. The number of nitrogens with zero attached hydrogens (tertiary/aromatic N) is 2. The Hall–Kier alpha value is -0.480. The molecule has 3 nitrogen and oxygen atoms in total. The van der Waals surface area contributed by atoms with Gasteiger partial charge in [0.1, 0.15) is 0 Å². The van der Waals surface area contributed by atoms with Crippen molar-refractivity contribution < 1.29 is 0 Å². The molecular formula is C10H17N3S. The zero-order valence-corrected chi connectivity index (χ0v) is 9.77. The second-order valence-electron chi connectivity index (χ2n) is 4.29. The molecule has 1 aromatic heterocycles. The lowest BCUT2D eigenvalue weighted by atomic mass is 10.0. The molecule has 1 N–H and O–H groups in total. The first-order chi connectivity index (χ1) is 6.59. The van der Waals surface area contributed by atoms with Gasteiger partial charge in [0.2, 0.25) is 0 Å². The Bertz CT molecular complexity index is 319. The molecule has 0 saturated carbocycles. The number of hydrogen-bond donors (Lipinski definition) is 1. The molecule has 1 saturated heterocycles. The summed E-state index contributed by atoms with van der Waals surface area (Å²) in [6, 6.07) is 2.70. The molecule has 1 atom stereocenters. The van der Waals surface area contributed by atoms with Crippen LogP contribution in [0.5, 0.6) is 0 Å². The first-order valence-corrected chi connectivity index (χ1v) is 5.92. The van der Waals surface area contributed by atoms with E-state index < -0.39 is 0 Å². The summed E-state index contributed by atoms with van der Waals surface area (Å²) < 4.78 is 2.32. The molecule has 0 bridgehead atoms. The quantitative estimate of drug-likeness (QED) is 0.819. The van der Waals surface area contributed by atoms with Gasteiger partial charge in [-0.2, -0.15) is 16.9 Å². The molecule has 1 fully saturated rings. The van der Waals surface area contributed by atoms with Gasteiger partial charge in [-0.25, -0.2) is 0 Å².